The van der Waals surface area contributed by atoms with Crippen molar-refractivity contribution in [2.24, 2.45) is 0 Å². The van der Waals surface area contributed by atoms with Gasteiger partial charge in [0.1, 0.15) is 0 Å². The number of carbonyl (C=O) groups is 3. The lowest BCUT2D eigenvalue weighted by molar-refractivity contribution is 0.0600. The smallest absolute Gasteiger partial charge is 0.337 e. The molecule has 2 aromatic rings. The van der Waals surface area contributed by atoms with Crippen molar-refractivity contribution >= 4 is 35.1 Å². The number of nitrogens with one attached hydrogen (secondary N) is 2. The standard InChI is InChI=1S/C22H23ClN2O4/c1-29-22(28)15-9-7-14(8-10-15)20(26)25-17-11-12-19(23)18(13-17)21(27)24-16-5-3-2-4-6-16/h7-13,16H,2-6H2,1H3,(H,24,27)(H,25,26). The molecule has 152 valence electrons. The van der Waals surface area contributed by atoms with Gasteiger partial charge in [0.15, 0.2) is 0 Å². The Balaban J connectivity index is 1.69. The maximum Gasteiger partial charge on any atom is 0.337 e. The molecule has 0 spiro atoms. The molecular weight excluding hydrogens is 392 g/mol. The van der Waals surface area contributed by atoms with Gasteiger partial charge in [-0.2, -0.15) is 0 Å². The van der Waals surface area contributed by atoms with Crippen LogP contribution in [-0.2, 0) is 4.74 Å². The van der Waals surface area contributed by atoms with Crippen LogP contribution in [0.3, 0.4) is 0 Å². The molecule has 6 nitrogen and oxygen atoms in total. The SMILES string of the molecule is COC(=O)c1ccc(C(=O)Nc2ccc(Cl)c(C(=O)NC3CCCCC3)c2)cc1. The van der Waals surface area contributed by atoms with E-state index in [-0.39, 0.29) is 17.9 Å². The van der Waals surface area contributed by atoms with Gasteiger partial charge in [0.25, 0.3) is 11.8 Å². The van der Waals surface area contributed by atoms with Gasteiger partial charge in [-0.15, -0.1) is 0 Å². The van der Waals surface area contributed by atoms with Crippen LogP contribution in [0.4, 0.5) is 5.69 Å². The average molecular weight is 415 g/mol. The number of esters is 1. The molecule has 0 heterocycles. The summed E-state index contributed by atoms with van der Waals surface area (Å²) < 4.78 is 4.64. The fourth-order valence-corrected chi connectivity index (χ4v) is 3.57. The van der Waals surface area contributed by atoms with E-state index in [1.165, 1.54) is 37.8 Å². The van der Waals surface area contributed by atoms with E-state index in [0.717, 1.165) is 25.7 Å². The van der Waals surface area contributed by atoms with Gasteiger partial charge in [-0.05, 0) is 55.3 Å². The number of carbonyl (C=O) groups excluding carboxylic acids is 3. The third-order valence-corrected chi connectivity index (χ3v) is 5.31. The Kier molecular flexibility index (Phi) is 6.88. The minimum Gasteiger partial charge on any atom is -0.465 e. The zero-order valence-electron chi connectivity index (χ0n) is 16.2. The molecule has 1 aliphatic rings. The normalized spacial score (nSPS) is 14.1. The van der Waals surface area contributed by atoms with Gasteiger partial charge < -0.3 is 15.4 Å². The zero-order valence-corrected chi connectivity index (χ0v) is 16.9. The zero-order chi connectivity index (χ0) is 20.8. The Bertz CT molecular complexity index is 906. The lowest BCUT2D eigenvalue weighted by atomic mass is 9.95. The highest BCUT2D eigenvalue weighted by atomic mass is 35.5. The summed E-state index contributed by atoms with van der Waals surface area (Å²) in [6, 6.07) is 11.1. The second-order valence-electron chi connectivity index (χ2n) is 7.03. The van der Waals surface area contributed by atoms with E-state index < -0.39 is 5.97 Å². The topological polar surface area (TPSA) is 84.5 Å². The van der Waals surface area contributed by atoms with Gasteiger partial charge in [-0.3, -0.25) is 9.59 Å². The number of rotatable bonds is 5. The van der Waals surface area contributed by atoms with Crippen LogP contribution >= 0.6 is 11.6 Å². The van der Waals surface area contributed by atoms with Crippen LogP contribution in [0.5, 0.6) is 0 Å². The van der Waals surface area contributed by atoms with Crippen molar-refractivity contribution in [3.05, 3.63) is 64.2 Å². The summed E-state index contributed by atoms with van der Waals surface area (Å²) in [6.07, 6.45) is 5.38. The molecule has 1 aliphatic carbocycles. The molecule has 29 heavy (non-hydrogen) atoms. The fourth-order valence-electron chi connectivity index (χ4n) is 3.37. The number of halogens is 1. The summed E-state index contributed by atoms with van der Waals surface area (Å²) in [5.74, 6) is -1.06. The first kappa shape index (κ1) is 20.9. The summed E-state index contributed by atoms with van der Waals surface area (Å²) in [7, 11) is 1.30. The number of benzene rings is 2. The lowest BCUT2D eigenvalue weighted by Gasteiger charge is -2.23. The van der Waals surface area contributed by atoms with E-state index in [9.17, 15) is 14.4 Å². The molecule has 0 aliphatic heterocycles. The minimum absolute atomic E-state index is 0.166. The Hall–Kier alpha value is -2.86. The Morgan fingerprint density at radius 2 is 1.59 bits per heavy atom. The van der Waals surface area contributed by atoms with E-state index in [1.807, 2.05) is 0 Å². The molecular formula is C22H23ClN2O4. The molecule has 1 saturated carbocycles. The summed E-state index contributed by atoms with van der Waals surface area (Å²) in [4.78, 5) is 36.6. The fraction of sp³-hybridized carbons (Fsp3) is 0.318. The van der Waals surface area contributed by atoms with Crippen LogP contribution in [0.15, 0.2) is 42.5 Å². The van der Waals surface area contributed by atoms with Crippen LogP contribution < -0.4 is 10.6 Å². The molecule has 0 unspecified atom stereocenters. The molecule has 0 saturated heterocycles. The molecule has 7 heteroatoms. The second-order valence-corrected chi connectivity index (χ2v) is 7.43. The average Bonchev–Trinajstić information content (AvgIpc) is 2.75. The third-order valence-electron chi connectivity index (χ3n) is 4.98. The Labute approximate surface area is 174 Å². The summed E-state index contributed by atoms with van der Waals surface area (Å²) in [6.45, 7) is 0. The molecule has 0 bridgehead atoms. The monoisotopic (exact) mass is 414 g/mol. The van der Waals surface area contributed by atoms with E-state index in [0.29, 0.717) is 27.4 Å². The maximum absolute atomic E-state index is 12.6. The molecule has 0 radical (unpaired) electrons. The Morgan fingerprint density at radius 1 is 0.931 bits per heavy atom. The van der Waals surface area contributed by atoms with E-state index in [2.05, 4.69) is 15.4 Å². The number of amides is 2. The number of hydrogen-bond donors (Lipinski definition) is 2. The van der Waals surface area contributed by atoms with Gasteiger partial charge in [0.2, 0.25) is 0 Å². The highest BCUT2D eigenvalue weighted by Crippen LogP contribution is 2.23. The van der Waals surface area contributed by atoms with Crippen molar-refractivity contribution < 1.29 is 19.1 Å². The van der Waals surface area contributed by atoms with E-state index in [1.54, 1.807) is 18.2 Å². The van der Waals surface area contributed by atoms with Crippen LogP contribution in [0.25, 0.3) is 0 Å². The summed E-state index contributed by atoms with van der Waals surface area (Å²) in [5.41, 5.74) is 1.53. The first-order valence-electron chi connectivity index (χ1n) is 9.58. The lowest BCUT2D eigenvalue weighted by Crippen LogP contribution is -2.36. The number of ether oxygens (including phenoxy) is 1. The number of hydrogen-bond acceptors (Lipinski definition) is 4. The minimum atomic E-state index is -0.469. The molecule has 2 aromatic carbocycles. The van der Waals surface area contributed by atoms with Crippen molar-refractivity contribution in [2.45, 2.75) is 38.1 Å². The van der Waals surface area contributed by atoms with Crippen LogP contribution in [0, 0.1) is 0 Å². The number of methoxy groups -OCH3 is 1. The largest absolute Gasteiger partial charge is 0.465 e. The number of anilines is 1. The predicted octanol–water partition coefficient (Wildman–Crippen LogP) is 4.44. The first-order valence-corrected chi connectivity index (χ1v) is 9.96. The highest BCUT2D eigenvalue weighted by molar-refractivity contribution is 6.34. The van der Waals surface area contributed by atoms with Crippen molar-refractivity contribution in [1.29, 1.82) is 0 Å². The van der Waals surface area contributed by atoms with Crippen molar-refractivity contribution in [3.8, 4) is 0 Å². The van der Waals surface area contributed by atoms with Crippen molar-refractivity contribution in [2.75, 3.05) is 12.4 Å². The summed E-state index contributed by atoms with van der Waals surface area (Å²) >= 11 is 6.21. The summed E-state index contributed by atoms with van der Waals surface area (Å²) in [5, 5.41) is 6.12. The van der Waals surface area contributed by atoms with Gasteiger partial charge in [0.05, 0.1) is 23.3 Å². The Morgan fingerprint density at radius 3 is 2.24 bits per heavy atom. The van der Waals surface area contributed by atoms with E-state index in [4.69, 9.17) is 11.6 Å². The molecule has 0 atom stereocenters. The van der Waals surface area contributed by atoms with Crippen LogP contribution in [0.2, 0.25) is 5.02 Å². The van der Waals surface area contributed by atoms with Crippen molar-refractivity contribution in [3.63, 3.8) is 0 Å². The van der Waals surface area contributed by atoms with Crippen LogP contribution in [0.1, 0.15) is 63.2 Å². The highest BCUT2D eigenvalue weighted by Gasteiger charge is 2.19. The third kappa shape index (κ3) is 5.35. The predicted molar refractivity (Wildman–Crippen MR) is 112 cm³/mol. The molecule has 3 rings (SSSR count). The molecule has 2 amide bonds. The molecule has 2 N–H and O–H groups in total. The van der Waals surface area contributed by atoms with Gasteiger partial charge >= 0.3 is 5.97 Å². The van der Waals surface area contributed by atoms with Gasteiger partial charge in [-0.25, -0.2) is 4.79 Å². The quantitative estimate of drug-likeness (QED) is 0.708. The van der Waals surface area contributed by atoms with E-state index >= 15 is 0 Å². The maximum atomic E-state index is 12.6. The molecule has 1 fully saturated rings. The van der Waals surface area contributed by atoms with Gasteiger partial charge in [-0.1, -0.05) is 30.9 Å². The van der Waals surface area contributed by atoms with Crippen molar-refractivity contribution in [1.82, 2.24) is 5.32 Å². The molecule has 0 aromatic heterocycles. The first-order chi connectivity index (χ1) is 14.0. The van der Waals surface area contributed by atoms with Crippen LogP contribution in [-0.4, -0.2) is 30.9 Å². The van der Waals surface area contributed by atoms with Gasteiger partial charge in [0, 0.05) is 17.3 Å². The second kappa shape index (κ2) is 9.56.